The molecule has 8 heteroatoms. The lowest BCUT2D eigenvalue weighted by Crippen LogP contribution is -2.35. The molecular formula is C18H21F3N4O. The second-order valence-electron chi connectivity index (χ2n) is 6.80. The molecule has 1 fully saturated rings. The minimum absolute atomic E-state index is 0.107. The third-order valence-corrected chi connectivity index (χ3v) is 4.80. The minimum atomic E-state index is -4.71. The van der Waals surface area contributed by atoms with Gasteiger partial charge in [-0.2, -0.15) is 18.3 Å². The van der Waals surface area contributed by atoms with Crippen molar-refractivity contribution >= 4 is 5.91 Å². The van der Waals surface area contributed by atoms with Crippen molar-refractivity contribution in [2.45, 2.75) is 32.5 Å². The molecule has 2 heterocycles. The number of nitrogens with zero attached hydrogens (tertiary/aromatic N) is 3. The van der Waals surface area contributed by atoms with Crippen LogP contribution in [0, 0.1) is 12.8 Å². The van der Waals surface area contributed by atoms with Crippen LogP contribution >= 0.6 is 0 Å². The van der Waals surface area contributed by atoms with Crippen molar-refractivity contribution in [1.29, 1.82) is 0 Å². The van der Waals surface area contributed by atoms with Gasteiger partial charge >= 0.3 is 6.18 Å². The number of rotatable bonds is 3. The summed E-state index contributed by atoms with van der Waals surface area (Å²) in [5.41, 5.74) is 5.36. The number of nitrogens with two attached hydrogens (primary N) is 1. The van der Waals surface area contributed by atoms with Crippen LogP contribution in [-0.4, -0.2) is 39.7 Å². The third-order valence-electron chi connectivity index (χ3n) is 4.80. The predicted octanol–water partition coefficient (Wildman–Crippen LogP) is 3.01. The normalized spacial score (nSPS) is 20.6. The van der Waals surface area contributed by atoms with Gasteiger partial charge in [0.1, 0.15) is 0 Å². The van der Waals surface area contributed by atoms with E-state index >= 15 is 0 Å². The number of aryl methyl sites for hydroxylation is 1. The van der Waals surface area contributed by atoms with Crippen LogP contribution in [0.5, 0.6) is 0 Å². The smallest absolute Gasteiger partial charge is 0.335 e. The van der Waals surface area contributed by atoms with Gasteiger partial charge in [0, 0.05) is 12.6 Å². The first kappa shape index (κ1) is 18.4. The van der Waals surface area contributed by atoms with Gasteiger partial charge in [-0.15, -0.1) is 0 Å². The van der Waals surface area contributed by atoms with E-state index in [1.165, 1.54) is 4.90 Å². The maximum absolute atomic E-state index is 13.7. The van der Waals surface area contributed by atoms with E-state index in [9.17, 15) is 18.0 Å². The molecule has 0 radical (unpaired) electrons. The lowest BCUT2D eigenvalue weighted by molar-refractivity contribution is -0.143. The number of hydrogen-bond acceptors (Lipinski definition) is 3. The zero-order chi connectivity index (χ0) is 19.1. The topological polar surface area (TPSA) is 64.2 Å². The first-order valence-corrected chi connectivity index (χ1v) is 8.45. The maximum Gasteiger partial charge on any atom is 0.434 e. The Labute approximate surface area is 149 Å². The van der Waals surface area contributed by atoms with E-state index in [1.807, 2.05) is 13.8 Å². The molecule has 0 spiro atoms. The van der Waals surface area contributed by atoms with Crippen LogP contribution in [-0.2, 0) is 6.18 Å². The first-order chi connectivity index (χ1) is 12.2. The number of halogens is 3. The quantitative estimate of drug-likeness (QED) is 0.908. The summed E-state index contributed by atoms with van der Waals surface area (Å²) in [6.07, 6.45) is -3.01. The molecule has 1 aromatic heterocycles. The molecule has 2 N–H and O–H groups in total. The van der Waals surface area contributed by atoms with Gasteiger partial charge in [-0.25, -0.2) is 4.68 Å². The number of amides is 1. The van der Waals surface area contributed by atoms with E-state index < -0.39 is 23.3 Å². The summed E-state index contributed by atoms with van der Waals surface area (Å²) in [7, 11) is 0. The van der Waals surface area contributed by atoms with Gasteiger partial charge in [0.15, 0.2) is 5.69 Å². The van der Waals surface area contributed by atoms with Crippen LogP contribution < -0.4 is 5.73 Å². The van der Waals surface area contributed by atoms with Crippen LogP contribution in [0.4, 0.5) is 13.2 Å². The number of carbonyl (C=O) groups excluding carboxylic acids is 1. The molecule has 1 saturated heterocycles. The van der Waals surface area contributed by atoms with E-state index in [4.69, 9.17) is 5.73 Å². The third kappa shape index (κ3) is 3.33. The SMILES string of the molecule is Cc1ccc(-n2ncc(C(=O)N3CC(CN)CC3C)c2C(F)(F)F)cc1. The van der Waals surface area contributed by atoms with Gasteiger partial charge in [0.05, 0.1) is 17.4 Å². The zero-order valence-electron chi connectivity index (χ0n) is 14.6. The zero-order valence-corrected chi connectivity index (χ0v) is 14.6. The Kier molecular flexibility index (Phi) is 4.79. The Bertz CT molecular complexity index is 798. The Morgan fingerprint density at radius 3 is 2.50 bits per heavy atom. The number of benzene rings is 1. The molecule has 1 aromatic carbocycles. The lowest BCUT2D eigenvalue weighted by atomic mass is 10.1. The van der Waals surface area contributed by atoms with E-state index in [0.717, 1.165) is 16.4 Å². The molecule has 1 amide bonds. The Morgan fingerprint density at radius 2 is 1.96 bits per heavy atom. The van der Waals surface area contributed by atoms with Crippen molar-refractivity contribution in [2.75, 3.05) is 13.1 Å². The average molecular weight is 366 g/mol. The summed E-state index contributed by atoms with van der Waals surface area (Å²) in [5.74, 6) is -0.547. The van der Waals surface area contributed by atoms with Crippen LogP contribution in [0.15, 0.2) is 30.5 Å². The molecule has 2 atom stereocenters. The highest BCUT2D eigenvalue weighted by atomic mass is 19.4. The molecule has 2 aromatic rings. The molecule has 26 heavy (non-hydrogen) atoms. The van der Waals surface area contributed by atoms with Crippen LogP contribution in [0.2, 0.25) is 0 Å². The summed E-state index contributed by atoms with van der Waals surface area (Å²) in [5, 5.41) is 3.86. The van der Waals surface area contributed by atoms with Gasteiger partial charge in [-0.3, -0.25) is 4.79 Å². The van der Waals surface area contributed by atoms with Crippen molar-refractivity contribution in [3.8, 4) is 5.69 Å². The molecular weight excluding hydrogens is 345 g/mol. The second-order valence-corrected chi connectivity index (χ2v) is 6.80. The fourth-order valence-corrected chi connectivity index (χ4v) is 3.41. The van der Waals surface area contributed by atoms with E-state index in [1.54, 1.807) is 24.3 Å². The lowest BCUT2D eigenvalue weighted by Gasteiger charge is -2.22. The maximum atomic E-state index is 13.7. The molecule has 0 aliphatic carbocycles. The van der Waals surface area contributed by atoms with Crippen molar-refractivity contribution in [1.82, 2.24) is 14.7 Å². The predicted molar refractivity (Wildman–Crippen MR) is 91.0 cm³/mol. The molecule has 0 bridgehead atoms. The van der Waals surface area contributed by atoms with Crippen LogP contribution in [0.3, 0.4) is 0 Å². The highest BCUT2D eigenvalue weighted by molar-refractivity contribution is 5.96. The average Bonchev–Trinajstić information content (AvgIpc) is 3.18. The Morgan fingerprint density at radius 1 is 1.31 bits per heavy atom. The highest BCUT2D eigenvalue weighted by Gasteiger charge is 2.43. The molecule has 3 rings (SSSR count). The van der Waals surface area contributed by atoms with Gasteiger partial charge < -0.3 is 10.6 Å². The molecule has 140 valence electrons. The molecule has 2 unspecified atom stereocenters. The first-order valence-electron chi connectivity index (χ1n) is 8.45. The number of aromatic nitrogens is 2. The summed E-state index contributed by atoms with van der Waals surface area (Å²) in [6, 6.07) is 6.35. The molecule has 1 aliphatic heterocycles. The van der Waals surface area contributed by atoms with E-state index in [0.29, 0.717) is 19.5 Å². The van der Waals surface area contributed by atoms with E-state index in [-0.39, 0.29) is 17.6 Å². The summed E-state index contributed by atoms with van der Waals surface area (Å²) >= 11 is 0. The summed E-state index contributed by atoms with van der Waals surface area (Å²) in [6.45, 7) is 4.44. The van der Waals surface area contributed by atoms with Gasteiger partial charge in [0.2, 0.25) is 0 Å². The van der Waals surface area contributed by atoms with Gasteiger partial charge in [0.25, 0.3) is 5.91 Å². The Hall–Kier alpha value is -2.35. The second kappa shape index (κ2) is 6.75. The fraction of sp³-hybridized carbons (Fsp3) is 0.444. The highest BCUT2D eigenvalue weighted by Crippen LogP contribution is 2.35. The standard InChI is InChI=1S/C18H21F3N4O/c1-11-3-5-14(6-4-11)25-16(18(19,20)21)15(9-23-25)17(26)24-10-13(8-22)7-12(24)2/h3-6,9,12-13H,7-8,10,22H2,1-2H3. The monoisotopic (exact) mass is 366 g/mol. The summed E-state index contributed by atoms with van der Waals surface area (Å²) < 4.78 is 42.0. The van der Waals surface area contributed by atoms with Crippen molar-refractivity contribution in [3.63, 3.8) is 0 Å². The number of hydrogen-bond donors (Lipinski definition) is 1. The number of carbonyl (C=O) groups is 1. The fourth-order valence-electron chi connectivity index (χ4n) is 3.41. The van der Waals surface area contributed by atoms with Gasteiger partial charge in [-0.05, 0) is 44.9 Å². The van der Waals surface area contributed by atoms with Crippen molar-refractivity contribution in [3.05, 3.63) is 47.3 Å². The minimum Gasteiger partial charge on any atom is -0.335 e. The Balaban J connectivity index is 2.03. The molecule has 0 saturated carbocycles. The number of alkyl halides is 3. The van der Waals surface area contributed by atoms with Crippen LogP contribution in [0.25, 0.3) is 5.69 Å². The van der Waals surface area contributed by atoms with Crippen molar-refractivity contribution in [2.24, 2.45) is 11.7 Å². The summed E-state index contributed by atoms with van der Waals surface area (Å²) in [4.78, 5) is 14.3. The van der Waals surface area contributed by atoms with Gasteiger partial charge in [-0.1, -0.05) is 17.7 Å². The number of likely N-dealkylation sites (tertiary alicyclic amines) is 1. The largest absolute Gasteiger partial charge is 0.434 e. The molecule has 1 aliphatic rings. The van der Waals surface area contributed by atoms with Crippen LogP contribution in [0.1, 0.15) is 35.0 Å². The van der Waals surface area contributed by atoms with E-state index in [2.05, 4.69) is 5.10 Å². The van der Waals surface area contributed by atoms with Crippen molar-refractivity contribution < 1.29 is 18.0 Å². The molecule has 5 nitrogen and oxygen atoms in total.